The molecule has 0 aliphatic carbocycles. The van der Waals surface area contributed by atoms with Gasteiger partial charge in [0.1, 0.15) is 18.3 Å². The molecule has 1 N–H and O–H groups in total. The number of H-pyrrole nitrogens is 1. The first-order valence-corrected chi connectivity index (χ1v) is 8.89. The number of hydrogen-bond acceptors (Lipinski definition) is 3. The first-order chi connectivity index (χ1) is 12.8. The van der Waals surface area contributed by atoms with Gasteiger partial charge in [0.25, 0.3) is 0 Å². The molecule has 0 radical (unpaired) electrons. The molecular weight excluding hydrogens is 326 g/mol. The minimum atomic E-state index is -0.139. The minimum Gasteiger partial charge on any atom is -0.382 e. The Morgan fingerprint density at radius 2 is 1.81 bits per heavy atom. The number of ether oxygens (including phenoxy) is 3. The minimum absolute atomic E-state index is 0.0655. The van der Waals surface area contributed by atoms with E-state index < -0.39 is 0 Å². The molecule has 0 bridgehead atoms. The molecule has 26 heavy (non-hydrogen) atoms. The first kappa shape index (κ1) is 17.0. The molecule has 0 fully saturated rings. The van der Waals surface area contributed by atoms with E-state index in [-0.39, 0.29) is 18.3 Å². The van der Waals surface area contributed by atoms with Gasteiger partial charge in [-0.15, -0.1) is 0 Å². The maximum Gasteiger partial charge on any atom is 0.112 e. The Balaban J connectivity index is 1.46. The average Bonchev–Trinajstić information content (AvgIpc) is 3.11. The molecule has 1 aliphatic rings. The van der Waals surface area contributed by atoms with Crippen LogP contribution in [0.3, 0.4) is 0 Å². The summed E-state index contributed by atoms with van der Waals surface area (Å²) in [6, 6.07) is 20.6. The zero-order valence-corrected chi connectivity index (χ0v) is 14.8. The predicted molar refractivity (Wildman–Crippen MR) is 102 cm³/mol. The highest BCUT2D eigenvalue weighted by Crippen LogP contribution is 2.28. The zero-order chi connectivity index (χ0) is 17.8. The number of aromatic nitrogens is 1. The lowest BCUT2D eigenvalue weighted by Crippen LogP contribution is -2.37. The van der Waals surface area contributed by atoms with Crippen LogP contribution in [-0.4, -0.2) is 30.9 Å². The van der Waals surface area contributed by atoms with Gasteiger partial charge in [0, 0.05) is 18.3 Å². The van der Waals surface area contributed by atoms with E-state index in [1.54, 1.807) is 7.11 Å². The van der Waals surface area contributed by atoms with Gasteiger partial charge in [0.2, 0.25) is 0 Å². The van der Waals surface area contributed by atoms with E-state index in [1.165, 1.54) is 5.39 Å². The molecule has 0 unspecified atom stereocenters. The molecule has 4 heteroatoms. The lowest BCUT2D eigenvalue weighted by Gasteiger charge is -2.32. The summed E-state index contributed by atoms with van der Waals surface area (Å²) in [5, 5.41) is 1.19. The van der Waals surface area contributed by atoms with Crippen molar-refractivity contribution in [1.82, 2.24) is 4.98 Å². The predicted octanol–water partition coefficient (Wildman–Crippen LogP) is 4.40. The number of hydrogen-bond donors (Lipinski definition) is 1. The van der Waals surface area contributed by atoms with Crippen molar-refractivity contribution in [2.24, 2.45) is 0 Å². The van der Waals surface area contributed by atoms with Crippen molar-refractivity contribution in [2.75, 3.05) is 13.7 Å². The van der Waals surface area contributed by atoms with Crippen LogP contribution < -0.4 is 0 Å². The average molecular weight is 349 g/mol. The van der Waals surface area contributed by atoms with Crippen molar-refractivity contribution in [2.45, 2.75) is 24.9 Å². The number of aromatic amines is 1. The fourth-order valence-corrected chi connectivity index (χ4v) is 3.34. The lowest BCUT2D eigenvalue weighted by atomic mass is 10.0. The molecule has 0 saturated heterocycles. The Morgan fingerprint density at radius 3 is 2.62 bits per heavy atom. The molecule has 1 aliphatic heterocycles. The molecule has 0 saturated carbocycles. The number of benzene rings is 2. The van der Waals surface area contributed by atoms with E-state index in [9.17, 15) is 0 Å². The number of fused-ring (bicyclic) bond motifs is 1. The van der Waals surface area contributed by atoms with Crippen molar-refractivity contribution in [1.29, 1.82) is 0 Å². The Labute approximate surface area is 153 Å². The van der Waals surface area contributed by atoms with Crippen molar-refractivity contribution in [3.8, 4) is 0 Å². The Bertz CT molecular complexity index is 838. The van der Waals surface area contributed by atoms with Crippen molar-refractivity contribution >= 4 is 10.9 Å². The molecule has 0 spiro atoms. The van der Waals surface area contributed by atoms with Crippen LogP contribution in [0.1, 0.15) is 17.4 Å². The van der Waals surface area contributed by atoms with Gasteiger partial charge in [0.15, 0.2) is 0 Å². The van der Waals surface area contributed by atoms with Crippen molar-refractivity contribution < 1.29 is 14.2 Å². The van der Waals surface area contributed by atoms with Crippen LogP contribution in [0.5, 0.6) is 0 Å². The van der Waals surface area contributed by atoms with E-state index in [2.05, 4.69) is 47.5 Å². The standard InChI is InChI=1S/C22H23NO3/c1-24-15-22-21(12-11-20(26-22)16-7-3-2-4-8-16)25-14-18-13-17-9-5-6-10-19(17)23-18/h2-13,20-23H,14-15H2,1H3/t20-,21-,22+/m0/s1. The smallest absolute Gasteiger partial charge is 0.112 e. The van der Waals surface area contributed by atoms with Gasteiger partial charge in [0.05, 0.1) is 13.2 Å². The maximum absolute atomic E-state index is 6.23. The highest BCUT2D eigenvalue weighted by molar-refractivity contribution is 5.80. The molecule has 4 nitrogen and oxygen atoms in total. The molecule has 4 rings (SSSR count). The highest BCUT2D eigenvalue weighted by Gasteiger charge is 2.28. The Hall–Kier alpha value is -2.40. The maximum atomic E-state index is 6.23. The van der Waals surface area contributed by atoms with Gasteiger partial charge < -0.3 is 19.2 Å². The summed E-state index contributed by atoms with van der Waals surface area (Å²) in [7, 11) is 1.69. The second kappa shape index (κ2) is 7.87. The number of rotatable bonds is 6. The fraction of sp³-hybridized carbons (Fsp3) is 0.273. The summed E-state index contributed by atoms with van der Waals surface area (Å²) in [6.45, 7) is 0.994. The second-order valence-electron chi connectivity index (χ2n) is 6.50. The number of methoxy groups -OCH3 is 1. The normalized spacial score (nSPS) is 22.7. The summed E-state index contributed by atoms with van der Waals surface area (Å²) < 4.78 is 17.7. The molecule has 2 aromatic carbocycles. The fourth-order valence-electron chi connectivity index (χ4n) is 3.34. The molecule has 134 valence electrons. The van der Waals surface area contributed by atoms with E-state index >= 15 is 0 Å². The van der Waals surface area contributed by atoms with Crippen LogP contribution in [0.4, 0.5) is 0 Å². The topological polar surface area (TPSA) is 43.5 Å². The highest BCUT2D eigenvalue weighted by atomic mass is 16.6. The zero-order valence-electron chi connectivity index (χ0n) is 14.8. The molecule has 2 heterocycles. The lowest BCUT2D eigenvalue weighted by molar-refractivity contribution is -0.113. The van der Waals surface area contributed by atoms with E-state index in [0.29, 0.717) is 13.2 Å². The molecule has 0 amide bonds. The van der Waals surface area contributed by atoms with Gasteiger partial charge in [-0.2, -0.15) is 0 Å². The third-order valence-corrected chi connectivity index (χ3v) is 4.64. The Kier molecular flexibility index (Phi) is 5.16. The third kappa shape index (κ3) is 3.73. The van der Waals surface area contributed by atoms with E-state index in [1.807, 2.05) is 30.3 Å². The first-order valence-electron chi connectivity index (χ1n) is 8.89. The van der Waals surface area contributed by atoms with Gasteiger partial charge >= 0.3 is 0 Å². The largest absolute Gasteiger partial charge is 0.382 e. The van der Waals surface area contributed by atoms with Gasteiger partial charge in [-0.3, -0.25) is 0 Å². The van der Waals surface area contributed by atoms with Crippen LogP contribution >= 0.6 is 0 Å². The summed E-state index contributed by atoms with van der Waals surface area (Å²) in [5.41, 5.74) is 3.32. The number of para-hydroxylation sites is 1. The van der Waals surface area contributed by atoms with Crippen LogP contribution in [0.2, 0.25) is 0 Å². The number of nitrogens with one attached hydrogen (secondary N) is 1. The van der Waals surface area contributed by atoms with Crippen LogP contribution in [0.25, 0.3) is 10.9 Å². The van der Waals surface area contributed by atoms with Gasteiger partial charge in [-0.25, -0.2) is 0 Å². The van der Waals surface area contributed by atoms with Crippen molar-refractivity contribution in [3.63, 3.8) is 0 Å². The summed E-state index contributed by atoms with van der Waals surface area (Å²) >= 11 is 0. The summed E-state index contributed by atoms with van der Waals surface area (Å²) in [6.07, 6.45) is 3.82. The molecule has 3 aromatic rings. The summed E-state index contributed by atoms with van der Waals surface area (Å²) in [5.74, 6) is 0. The van der Waals surface area contributed by atoms with Crippen LogP contribution in [0.15, 0.2) is 72.8 Å². The van der Waals surface area contributed by atoms with Gasteiger partial charge in [-0.1, -0.05) is 60.7 Å². The summed E-state index contributed by atoms with van der Waals surface area (Å²) in [4.78, 5) is 3.40. The Morgan fingerprint density at radius 1 is 1.00 bits per heavy atom. The van der Waals surface area contributed by atoms with Gasteiger partial charge in [-0.05, 0) is 23.1 Å². The third-order valence-electron chi connectivity index (χ3n) is 4.64. The van der Waals surface area contributed by atoms with Crippen molar-refractivity contribution in [3.05, 3.63) is 84.1 Å². The monoisotopic (exact) mass is 349 g/mol. The van der Waals surface area contributed by atoms with E-state index in [0.717, 1.165) is 16.8 Å². The second-order valence-corrected chi connectivity index (χ2v) is 6.50. The molecule has 1 aromatic heterocycles. The quantitative estimate of drug-likeness (QED) is 0.671. The molecular formula is C22H23NO3. The molecule has 3 atom stereocenters. The van der Waals surface area contributed by atoms with Crippen LogP contribution in [0, 0.1) is 0 Å². The SMILES string of the molecule is COC[C@H]1O[C@H](c2ccccc2)C=C[C@@H]1OCc1cc2ccccc2[nH]1. The van der Waals surface area contributed by atoms with E-state index in [4.69, 9.17) is 14.2 Å². The van der Waals surface area contributed by atoms with Crippen LogP contribution in [-0.2, 0) is 20.8 Å².